The molecule has 0 bridgehead atoms. The summed E-state index contributed by atoms with van der Waals surface area (Å²) < 4.78 is 5.33. The van der Waals surface area contributed by atoms with E-state index in [1.54, 1.807) is 29.8 Å². The zero-order valence-electron chi connectivity index (χ0n) is 15.2. The third-order valence-corrected chi connectivity index (χ3v) is 6.59. The van der Waals surface area contributed by atoms with Gasteiger partial charge in [-0.2, -0.15) is 0 Å². The number of thiophene rings is 1. The summed E-state index contributed by atoms with van der Waals surface area (Å²) in [4.78, 5) is 19.7. The highest BCUT2D eigenvalue weighted by molar-refractivity contribution is 7.16. The lowest BCUT2D eigenvalue weighted by molar-refractivity contribution is -0.136. The second-order valence-electron chi connectivity index (χ2n) is 6.49. The second kappa shape index (κ2) is 9.80. The predicted octanol–water partition coefficient (Wildman–Crippen LogP) is 3.28. The van der Waals surface area contributed by atoms with E-state index < -0.39 is 0 Å². The second-order valence-corrected chi connectivity index (χ2v) is 8.72. The fourth-order valence-electron chi connectivity index (χ4n) is 3.23. The smallest absolute Gasteiger partial charge is 0.228 e. The molecule has 0 aromatic carbocycles. The molecule has 1 aliphatic rings. The monoisotopic (exact) mass is 415 g/mol. The van der Waals surface area contributed by atoms with Crippen molar-refractivity contribution in [2.45, 2.75) is 26.2 Å². The SMILES string of the molecule is COCC1(C(=O)NCCc2ccc(-c3csc(C)n3)s2)CCNCC1.Cl. The van der Waals surface area contributed by atoms with Crippen LogP contribution in [0.3, 0.4) is 0 Å². The summed E-state index contributed by atoms with van der Waals surface area (Å²) in [7, 11) is 1.67. The van der Waals surface area contributed by atoms with Gasteiger partial charge >= 0.3 is 0 Å². The number of rotatable bonds is 7. The highest BCUT2D eigenvalue weighted by Crippen LogP contribution is 2.30. The van der Waals surface area contributed by atoms with Crippen LogP contribution in [0.1, 0.15) is 22.7 Å². The third-order valence-electron chi connectivity index (χ3n) is 4.65. The van der Waals surface area contributed by atoms with Gasteiger partial charge in [0.25, 0.3) is 0 Å². The standard InChI is InChI=1S/C18H25N3O2S2.ClH/c1-13-21-15(11-24-13)16-4-3-14(25-16)5-8-20-17(22)18(12-23-2)6-9-19-10-7-18;/h3-4,11,19H,5-10,12H2,1-2H3,(H,20,22);1H. The van der Waals surface area contributed by atoms with Gasteiger partial charge < -0.3 is 15.4 Å². The molecule has 1 saturated heterocycles. The van der Waals surface area contributed by atoms with Crippen molar-refractivity contribution in [1.82, 2.24) is 15.6 Å². The van der Waals surface area contributed by atoms with Gasteiger partial charge in [0.15, 0.2) is 0 Å². The van der Waals surface area contributed by atoms with Crippen LogP contribution in [0, 0.1) is 12.3 Å². The van der Waals surface area contributed by atoms with Crippen LogP contribution in [0.25, 0.3) is 10.6 Å². The predicted molar refractivity (Wildman–Crippen MR) is 111 cm³/mol. The van der Waals surface area contributed by atoms with Crippen molar-refractivity contribution in [2.24, 2.45) is 5.41 Å². The fourth-order valence-corrected chi connectivity index (χ4v) is 4.89. The number of nitrogens with one attached hydrogen (secondary N) is 2. The Balaban J connectivity index is 0.00000243. The molecule has 2 aromatic rings. The average Bonchev–Trinajstić information content (AvgIpc) is 3.25. The van der Waals surface area contributed by atoms with Crippen molar-refractivity contribution in [2.75, 3.05) is 33.4 Å². The van der Waals surface area contributed by atoms with Crippen molar-refractivity contribution in [3.8, 4) is 10.6 Å². The number of hydrogen-bond acceptors (Lipinski definition) is 6. The van der Waals surface area contributed by atoms with Gasteiger partial charge in [-0.3, -0.25) is 4.79 Å². The van der Waals surface area contributed by atoms with E-state index >= 15 is 0 Å². The summed E-state index contributed by atoms with van der Waals surface area (Å²) in [5.74, 6) is 0.128. The Morgan fingerprint density at radius 3 is 2.81 bits per heavy atom. The van der Waals surface area contributed by atoms with Crippen molar-refractivity contribution in [1.29, 1.82) is 0 Å². The van der Waals surface area contributed by atoms with E-state index in [-0.39, 0.29) is 23.7 Å². The Labute approximate surface area is 169 Å². The summed E-state index contributed by atoms with van der Waals surface area (Å²) in [5.41, 5.74) is 0.676. The summed E-state index contributed by atoms with van der Waals surface area (Å²) in [5, 5.41) is 9.62. The maximum absolute atomic E-state index is 12.7. The van der Waals surface area contributed by atoms with E-state index in [0.29, 0.717) is 13.2 Å². The van der Waals surface area contributed by atoms with Crippen LogP contribution in [0.15, 0.2) is 17.5 Å². The molecule has 0 atom stereocenters. The van der Waals surface area contributed by atoms with Gasteiger partial charge in [0.1, 0.15) is 0 Å². The van der Waals surface area contributed by atoms with Gasteiger partial charge in [-0.15, -0.1) is 35.1 Å². The molecule has 0 unspecified atom stereocenters. The lowest BCUT2D eigenvalue weighted by Crippen LogP contribution is -2.50. The fraction of sp³-hybridized carbons (Fsp3) is 0.556. The first-order valence-corrected chi connectivity index (χ1v) is 10.3. The molecule has 144 valence electrons. The van der Waals surface area contributed by atoms with E-state index in [4.69, 9.17) is 4.74 Å². The van der Waals surface area contributed by atoms with Crippen LogP contribution in [-0.2, 0) is 16.0 Å². The third kappa shape index (κ3) is 5.04. The Hall–Kier alpha value is -0.990. The molecule has 0 aliphatic carbocycles. The Morgan fingerprint density at radius 2 is 2.15 bits per heavy atom. The number of nitrogens with zero attached hydrogens (tertiary/aromatic N) is 1. The minimum absolute atomic E-state index is 0. The summed E-state index contributed by atoms with van der Waals surface area (Å²) in [6.07, 6.45) is 2.51. The van der Waals surface area contributed by atoms with E-state index in [9.17, 15) is 4.79 Å². The number of ether oxygens (including phenoxy) is 1. The van der Waals surface area contributed by atoms with Crippen LogP contribution in [0.5, 0.6) is 0 Å². The van der Waals surface area contributed by atoms with E-state index in [2.05, 4.69) is 33.1 Å². The molecule has 8 heteroatoms. The maximum atomic E-state index is 12.7. The normalized spacial score (nSPS) is 16.1. The van der Waals surface area contributed by atoms with Crippen LogP contribution in [0.2, 0.25) is 0 Å². The number of hydrogen-bond donors (Lipinski definition) is 2. The number of halogens is 1. The molecule has 1 fully saturated rings. The highest BCUT2D eigenvalue weighted by atomic mass is 35.5. The number of piperidine rings is 1. The first-order chi connectivity index (χ1) is 12.1. The lowest BCUT2D eigenvalue weighted by atomic mass is 9.78. The number of methoxy groups -OCH3 is 1. The van der Waals surface area contributed by atoms with E-state index in [0.717, 1.165) is 43.1 Å². The topological polar surface area (TPSA) is 63.2 Å². The zero-order chi connectivity index (χ0) is 17.7. The molecule has 26 heavy (non-hydrogen) atoms. The molecule has 1 amide bonds. The average molecular weight is 416 g/mol. The van der Waals surface area contributed by atoms with Gasteiger partial charge in [0.05, 0.1) is 27.6 Å². The van der Waals surface area contributed by atoms with E-state index in [1.807, 2.05) is 6.92 Å². The molecule has 5 nitrogen and oxygen atoms in total. The molecule has 0 spiro atoms. The van der Waals surface area contributed by atoms with E-state index in [1.165, 1.54) is 9.75 Å². The minimum Gasteiger partial charge on any atom is -0.384 e. The number of carbonyl (C=O) groups excluding carboxylic acids is 1. The Morgan fingerprint density at radius 1 is 1.38 bits per heavy atom. The number of carbonyl (C=O) groups is 1. The van der Waals surface area contributed by atoms with Gasteiger partial charge in [0, 0.05) is 23.9 Å². The van der Waals surface area contributed by atoms with Crippen LogP contribution >= 0.6 is 35.1 Å². The van der Waals surface area contributed by atoms with Gasteiger partial charge in [0.2, 0.25) is 5.91 Å². The van der Waals surface area contributed by atoms with Crippen molar-refractivity contribution in [3.63, 3.8) is 0 Å². The number of amides is 1. The maximum Gasteiger partial charge on any atom is 0.228 e. The number of aromatic nitrogens is 1. The van der Waals surface area contributed by atoms with Crippen LogP contribution in [0.4, 0.5) is 0 Å². The first-order valence-electron chi connectivity index (χ1n) is 8.62. The minimum atomic E-state index is -0.376. The first kappa shape index (κ1) is 21.3. The van der Waals surface area contributed by atoms with Gasteiger partial charge in [-0.05, 0) is 51.4 Å². The molecule has 0 radical (unpaired) electrons. The lowest BCUT2D eigenvalue weighted by Gasteiger charge is -2.35. The van der Waals surface area contributed by atoms with Crippen LogP contribution in [-0.4, -0.2) is 44.2 Å². The zero-order valence-corrected chi connectivity index (χ0v) is 17.6. The highest BCUT2D eigenvalue weighted by Gasteiger charge is 2.39. The molecular weight excluding hydrogens is 390 g/mol. The molecule has 2 aromatic heterocycles. The summed E-state index contributed by atoms with van der Waals surface area (Å²) >= 11 is 3.43. The largest absolute Gasteiger partial charge is 0.384 e. The molecule has 3 heterocycles. The number of thiazole rings is 1. The van der Waals surface area contributed by atoms with Gasteiger partial charge in [-0.25, -0.2) is 4.98 Å². The van der Waals surface area contributed by atoms with Crippen molar-refractivity contribution >= 4 is 41.0 Å². The molecule has 2 N–H and O–H groups in total. The Bertz CT molecular complexity index is 705. The Kier molecular flexibility index (Phi) is 8.04. The summed E-state index contributed by atoms with van der Waals surface area (Å²) in [6.45, 7) is 4.92. The number of aryl methyl sites for hydroxylation is 1. The molecule has 3 rings (SSSR count). The van der Waals surface area contributed by atoms with Crippen LogP contribution < -0.4 is 10.6 Å². The molecule has 0 saturated carbocycles. The quantitative estimate of drug-likeness (QED) is 0.728. The molecular formula is C18H26ClN3O2S2. The van der Waals surface area contributed by atoms with Gasteiger partial charge in [-0.1, -0.05) is 0 Å². The van der Waals surface area contributed by atoms with Crippen molar-refractivity contribution < 1.29 is 9.53 Å². The molecule has 1 aliphatic heterocycles. The summed E-state index contributed by atoms with van der Waals surface area (Å²) in [6, 6.07) is 4.26. The van der Waals surface area contributed by atoms with Crippen molar-refractivity contribution in [3.05, 3.63) is 27.4 Å².